The van der Waals surface area contributed by atoms with Crippen molar-refractivity contribution >= 4 is 12.3 Å². The normalized spacial score (nSPS) is 10.2. The molecular formula is C15H20O6. The molecule has 1 aromatic carbocycles. The summed E-state index contributed by atoms with van der Waals surface area (Å²) in [4.78, 5) is 23.4. The summed E-state index contributed by atoms with van der Waals surface area (Å²) in [6, 6.07) is 1.43. The van der Waals surface area contributed by atoms with Gasteiger partial charge in [0.1, 0.15) is 11.3 Å². The van der Waals surface area contributed by atoms with Crippen LogP contribution in [0, 0.1) is 0 Å². The predicted molar refractivity (Wildman–Crippen MR) is 76.7 cm³/mol. The molecule has 0 aliphatic heterocycles. The first-order chi connectivity index (χ1) is 9.99. The molecule has 6 nitrogen and oxygen atoms in total. The lowest BCUT2D eigenvalue weighted by Gasteiger charge is -2.19. The summed E-state index contributed by atoms with van der Waals surface area (Å²) in [6.45, 7) is 5.52. The molecule has 6 heteroatoms. The minimum Gasteiger partial charge on any atom is -0.496 e. The van der Waals surface area contributed by atoms with E-state index in [9.17, 15) is 9.59 Å². The third-order valence-electron chi connectivity index (χ3n) is 2.61. The average Bonchev–Trinajstić information content (AvgIpc) is 2.45. The lowest BCUT2D eigenvalue weighted by atomic mass is 10.1. The quantitative estimate of drug-likeness (QED) is 0.568. The SMILES string of the molecule is CCOC(=O)c1c(OC)cc(C=O)c(OC(C)C)c1OC. The van der Waals surface area contributed by atoms with Gasteiger partial charge in [0.25, 0.3) is 0 Å². The number of hydrogen-bond acceptors (Lipinski definition) is 6. The molecule has 0 amide bonds. The Morgan fingerprint density at radius 3 is 2.33 bits per heavy atom. The second-order valence-corrected chi connectivity index (χ2v) is 4.41. The summed E-state index contributed by atoms with van der Waals surface area (Å²) >= 11 is 0. The van der Waals surface area contributed by atoms with E-state index >= 15 is 0 Å². The fourth-order valence-electron chi connectivity index (χ4n) is 1.83. The van der Waals surface area contributed by atoms with E-state index in [0.29, 0.717) is 6.29 Å². The van der Waals surface area contributed by atoms with Gasteiger partial charge >= 0.3 is 5.97 Å². The number of benzene rings is 1. The van der Waals surface area contributed by atoms with Crippen LogP contribution in [-0.2, 0) is 4.74 Å². The lowest BCUT2D eigenvalue weighted by molar-refractivity contribution is 0.0517. The highest BCUT2D eigenvalue weighted by molar-refractivity contribution is 5.99. The number of carbonyl (C=O) groups excluding carboxylic acids is 2. The summed E-state index contributed by atoms with van der Waals surface area (Å²) in [5.74, 6) is -0.0734. The molecule has 0 unspecified atom stereocenters. The van der Waals surface area contributed by atoms with Gasteiger partial charge in [-0.2, -0.15) is 0 Å². The minimum absolute atomic E-state index is 0.100. The molecule has 116 valence electrons. The molecule has 0 spiro atoms. The second kappa shape index (κ2) is 7.52. The molecule has 0 aromatic heterocycles. The van der Waals surface area contributed by atoms with Crippen LogP contribution in [0.2, 0.25) is 0 Å². The second-order valence-electron chi connectivity index (χ2n) is 4.41. The molecule has 0 radical (unpaired) electrons. The maximum atomic E-state index is 12.1. The van der Waals surface area contributed by atoms with E-state index in [1.54, 1.807) is 6.92 Å². The van der Waals surface area contributed by atoms with Crippen LogP contribution >= 0.6 is 0 Å². The maximum absolute atomic E-state index is 12.1. The Kier molecular flexibility index (Phi) is 6.02. The van der Waals surface area contributed by atoms with E-state index in [0.717, 1.165) is 0 Å². The van der Waals surface area contributed by atoms with Crippen LogP contribution in [-0.4, -0.2) is 39.2 Å². The van der Waals surface area contributed by atoms with E-state index in [1.807, 2.05) is 13.8 Å². The van der Waals surface area contributed by atoms with Crippen molar-refractivity contribution in [3.63, 3.8) is 0 Å². The van der Waals surface area contributed by atoms with E-state index in [2.05, 4.69) is 0 Å². The first-order valence-corrected chi connectivity index (χ1v) is 6.58. The Hall–Kier alpha value is -2.24. The van der Waals surface area contributed by atoms with Gasteiger partial charge in [-0.05, 0) is 26.8 Å². The van der Waals surface area contributed by atoms with Crippen molar-refractivity contribution in [3.8, 4) is 17.2 Å². The van der Waals surface area contributed by atoms with Crippen LogP contribution < -0.4 is 14.2 Å². The van der Waals surface area contributed by atoms with E-state index in [4.69, 9.17) is 18.9 Å². The van der Waals surface area contributed by atoms with Crippen molar-refractivity contribution < 1.29 is 28.5 Å². The molecule has 0 aliphatic carbocycles. The fraction of sp³-hybridized carbons (Fsp3) is 0.467. The molecule has 0 saturated heterocycles. The molecule has 0 saturated carbocycles. The van der Waals surface area contributed by atoms with Crippen LogP contribution in [0.1, 0.15) is 41.5 Å². The highest BCUT2D eigenvalue weighted by Crippen LogP contribution is 2.41. The Morgan fingerprint density at radius 2 is 1.90 bits per heavy atom. The standard InChI is InChI=1S/C15H20O6/c1-6-20-15(17)12-11(18-4)7-10(8-16)13(14(12)19-5)21-9(2)3/h7-9H,6H2,1-5H3. The Balaban J connectivity index is 3.59. The number of methoxy groups -OCH3 is 2. The first kappa shape index (κ1) is 16.8. The number of esters is 1. The highest BCUT2D eigenvalue weighted by atomic mass is 16.5. The molecule has 1 rings (SSSR count). The molecule has 21 heavy (non-hydrogen) atoms. The van der Waals surface area contributed by atoms with Crippen LogP contribution in [0.4, 0.5) is 0 Å². The number of aldehydes is 1. The zero-order valence-electron chi connectivity index (χ0n) is 12.9. The third-order valence-corrected chi connectivity index (χ3v) is 2.61. The molecule has 1 aromatic rings. The van der Waals surface area contributed by atoms with Gasteiger partial charge < -0.3 is 18.9 Å². The van der Waals surface area contributed by atoms with Crippen molar-refractivity contribution in [2.45, 2.75) is 26.9 Å². The molecule has 0 heterocycles. The van der Waals surface area contributed by atoms with Crippen LogP contribution in [0.5, 0.6) is 17.2 Å². The average molecular weight is 296 g/mol. The summed E-state index contributed by atoms with van der Waals surface area (Å²) in [6.07, 6.45) is 0.429. The van der Waals surface area contributed by atoms with E-state index in [-0.39, 0.29) is 41.1 Å². The maximum Gasteiger partial charge on any atom is 0.345 e. The van der Waals surface area contributed by atoms with Crippen LogP contribution in [0.3, 0.4) is 0 Å². The number of ether oxygens (including phenoxy) is 4. The number of rotatable bonds is 7. The number of hydrogen-bond donors (Lipinski definition) is 0. The van der Waals surface area contributed by atoms with E-state index < -0.39 is 5.97 Å². The van der Waals surface area contributed by atoms with Crippen molar-refractivity contribution in [1.29, 1.82) is 0 Å². The monoisotopic (exact) mass is 296 g/mol. The predicted octanol–water partition coefficient (Wildman–Crippen LogP) is 2.48. The van der Waals surface area contributed by atoms with Crippen molar-refractivity contribution in [2.24, 2.45) is 0 Å². The molecular weight excluding hydrogens is 276 g/mol. The Bertz CT molecular complexity index is 521. The number of carbonyl (C=O) groups is 2. The summed E-state index contributed by atoms with van der Waals surface area (Å²) in [5, 5.41) is 0. The zero-order chi connectivity index (χ0) is 16.0. The van der Waals surface area contributed by atoms with Gasteiger partial charge in [0, 0.05) is 0 Å². The third kappa shape index (κ3) is 3.65. The van der Waals surface area contributed by atoms with Crippen LogP contribution in [0.25, 0.3) is 0 Å². The van der Waals surface area contributed by atoms with Gasteiger partial charge in [0.05, 0.1) is 32.5 Å². The topological polar surface area (TPSA) is 71.1 Å². The minimum atomic E-state index is -0.600. The smallest absolute Gasteiger partial charge is 0.345 e. The van der Waals surface area contributed by atoms with Gasteiger partial charge in [-0.3, -0.25) is 4.79 Å². The molecule has 0 N–H and O–H groups in total. The van der Waals surface area contributed by atoms with Crippen molar-refractivity contribution in [1.82, 2.24) is 0 Å². The van der Waals surface area contributed by atoms with Gasteiger partial charge in [-0.15, -0.1) is 0 Å². The van der Waals surface area contributed by atoms with Crippen molar-refractivity contribution in [2.75, 3.05) is 20.8 Å². The van der Waals surface area contributed by atoms with Crippen LogP contribution in [0.15, 0.2) is 6.07 Å². The Labute approximate surface area is 123 Å². The molecule has 0 aliphatic rings. The van der Waals surface area contributed by atoms with E-state index in [1.165, 1.54) is 20.3 Å². The zero-order valence-corrected chi connectivity index (χ0v) is 12.9. The summed E-state index contributed by atoms with van der Waals surface area (Å²) in [5.41, 5.74) is 0.341. The van der Waals surface area contributed by atoms with Gasteiger partial charge in [-0.25, -0.2) is 4.79 Å². The molecule has 0 fully saturated rings. The molecule has 0 atom stereocenters. The molecule has 0 bridgehead atoms. The summed E-state index contributed by atoms with van der Waals surface area (Å²) < 4.78 is 21.0. The van der Waals surface area contributed by atoms with Gasteiger partial charge in [0.15, 0.2) is 17.8 Å². The Morgan fingerprint density at radius 1 is 1.24 bits per heavy atom. The lowest BCUT2D eigenvalue weighted by Crippen LogP contribution is -2.14. The summed E-state index contributed by atoms with van der Waals surface area (Å²) in [7, 11) is 2.79. The van der Waals surface area contributed by atoms with Crippen molar-refractivity contribution in [3.05, 3.63) is 17.2 Å². The highest BCUT2D eigenvalue weighted by Gasteiger charge is 2.27. The van der Waals surface area contributed by atoms with Gasteiger partial charge in [0.2, 0.25) is 0 Å². The van der Waals surface area contributed by atoms with Gasteiger partial charge in [-0.1, -0.05) is 0 Å². The fourth-order valence-corrected chi connectivity index (χ4v) is 1.83. The largest absolute Gasteiger partial charge is 0.496 e. The first-order valence-electron chi connectivity index (χ1n) is 6.58.